The molecule has 90 valence electrons. The molecule has 0 saturated carbocycles. The van der Waals surface area contributed by atoms with E-state index in [1.807, 2.05) is 13.0 Å². The Labute approximate surface area is 109 Å². The molecule has 0 fully saturated rings. The van der Waals surface area contributed by atoms with Gasteiger partial charge >= 0.3 is 0 Å². The number of benzene rings is 1. The second-order valence-corrected chi connectivity index (χ2v) is 4.71. The van der Waals surface area contributed by atoms with E-state index >= 15 is 0 Å². The van der Waals surface area contributed by atoms with Gasteiger partial charge in [-0.2, -0.15) is 10.1 Å². The lowest BCUT2D eigenvalue weighted by atomic mass is 10.2. The van der Waals surface area contributed by atoms with Crippen LogP contribution in [-0.2, 0) is 6.54 Å². The summed E-state index contributed by atoms with van der Waals surface area (Å²) in [7, 11) is 0. The molecule has 1 amide bonds. The second kappa shape index (κ2) is 5.43. The van der Waals surface area contributed by atoms with Crippen LogP contribution in [0.2, 0.25) is 0 Å². The lowest BCUT2D eigenvalue weighted by Gasteiger charge is -1.94. The highest BCUT2D eigenvalue weighted by molar-refractivity contribution is 7.08. The fourth-order valence-corrected chi connectivity index (χ4v) is 2.16. The van der Waals surface area contributed by atoms with Crippen LogP contribution in [-0.4, -0.2) is 15.7 Å². The molecule has 0 N–H and O–H groups in total. The largest absolute Gasteiger partial charge is 0.279 e. The van der Waals surface area contributed by atoms with E-state index < -0.39 is 0 Å². The molecule has 1 aromatic heterocycles. The second-order valence-electron chi connectivity index (χ2n) is 3.55. The molecule has 2 aromatic rings. The number of carbonyl (C=O) groups is 1. The molecule has 0 bridgehead atoms. The van der Waals surface area contributed by atoms with Crippen molar-refractivity contribution in [1.82, 2.24) is 9.78 Å². The van der Waals surface area contributed by atoms with E-state index in [4.69, 9.17) is 6.42 Å². The number of terminal acetylenes is 1. The van der Waals surface area contributed by atoms with E-state index in [1.165, 1.54) is 11.3 Å². The summed E-state index contributed by atoms with van der Waals surface area (Å²) < 4.78 is 1.56. The summed E-state index contributed by atoms with van der Waals surface area (Å²) in [5.41, 5.74) is 0.552. The molecule has 18 heavy (non-hydrogen) atoms. The number of aromatic nitrogens is 2. The summed E-state index contributed by atoms with van der Waals surface area (Å²) in [4.78, 5) is 16.5. The van der Waals surface area contributed by atoms with E-state index in [2.05, 4.69) is 16.0 Å². The van der Waals surface area contributed by atoms with Gasteiger partial charge < -0.3 is 0 Å². The first-order chi connectivity index (χ1) is 8.70. The maximum absolute atomic E-state index is 11.9. The highest BCUT2D eigenvalue weighted by atomic mass is 32.1. The zero-order valence-corrected chi connectivity index (χ0v) is 10.6. The van der Waals surface area contributed by atoms with Crippen molar-refractivity contribution < 1.29 is 4.79 Å². The van der Waals surface area contributed by atoms with Gasteiger partial charge in [0.05, 0.1) is 0 Å². The maximum Gasteiger partial charge on any atom is 0.279 e. The van der Waals surface area contributed by atoms with Gasteiger partial charge in [0, 0.05) is 5.56 Å². The van der Waals surface area contributed by atoms with Crippen molar-refractivity contribution in [2.24, 2.45) is 4.99 Å². The third-order valence-electron chi connectivity index (χ3n) is 2.18. The fraction of sp³-hybridized carbons (Fsp3) is 0.154. The highest BCUT2D eigenvalue weighted by Gasteiger charge is 2.05. The molecule has 0 aliphatic rings. The number of aryl methyl sites for hydroxylation is 1. The van der Waals surface area contributed by atoms with Gasteiger partial charge in [-0.25, -0.2) is 4.68 Å². The Bertz CT molecular complexity index is 662. The standard InChI is InChI=1S/C13H11N3OS/c1-3-9-16-13(18-10(2)15-16)14-12(17)11-7-5-4-6-8-11/h1,4-8H,9H2,2H3. The SMILES string of the molecule is C#CCn1nc(C)sc1=NC(=O)c1ccccc1. The first kappa shape index (κ1) is 12.3. The maximum atomic E-state index is 11.9. The Balaban J connectivity index is 2.40. The summed E-state index contributed by atoms with van der Waals surface area (Å²) in [5.74, 6) is 2.20. The molecule has 0 spiro atoms. The Morgan fingerprint density at radius 3 is 2.89 bits per heavy atom. The highest BCUT2D eigenvalue weighted by Crippen LogP contribution is 2.01. The summed E-state index contributed by atoms with van der Waals surface area (Å²) in [6, 6.07) is 8.91. The van der Waals surface area contributed by atoms with Gasteiger partial charge in [-0.1, -0.05) is 35.5 Å². The topological polar surface area (TPSA) is 47.2 Å². The molecule has 5 heteroatoms. The van der Waals surface area contributed by atoms with Crippen molar-refractivity contribution in [3.05, 3.63) is 45.7 Å². The van der Waals surface area contributed by atoms with Gasteiger partial charge in [-0.3, -0.25) is 4.79 Å². The van der Waals surface area contributed by atoms with Crippen molar-refractivity contribution in [2.75, 3.05) is 0 Å². The molecule has 1 aromatic carbocycles. The predicted molar refractivity (Wildman–Crippen MR) is 70.0 cm³/mol. The van der Waals surface area contributed by atoms with Gasteiger partial charge in [0.25, 0.3) is 5.91 Å². The summed E-state index contributed by atoms with van der Waals surface area (Å²) in [6.45, 7) is 2.16. The lowest BCUT2D eigenvalue weighted by Crippen LogP contribution is -2.17. The van der Waals surface area contributed by atoms with E-state index in [-0.39, 0.29) is 5.91 Å². The average molecular weight is 257 g/mol. The van der Waals surface area contributed by atoms with E-state index in [1.54, 1.807) is 28.9 Å². The molecular weight excluding hydrogens is 246 g/mol. The smallest absolute Gasteiger partial charge is 0.267 e. The molecule has 0 saturated heterocycles. The van der Waals surface area contributed by atoms with Crippen molar-refractivity contribution in [1.29, 1.82) is 0 Å². The molecule has 0 atom stereocenters. The number of nitrogens with zero attached hydrogens (tertiary/aromatic N) is 3. The van der Waals surface area contributed by atoms with Gasteiger partial charge in [0.2, 0.25) is 4.80 Å². The van der Waals surface area contributed by atoms with Crippen LogP contribution >= 0.6 is 11.3 Å². The van der Waals surface area contributed by atoms with Gasteiger partial charge in [-0.05, 0) is 19.1 Å². The number of rotatable bonds is 2. The monoisotopic (exact) mass is 257 g/mol. The summed E-state index contributed by atoms with van der Waals surface area (Å²) in [5, 5.41) is 5.02. The Morgan fingerprint density at radius 2 is 2.22 bits per heavy atom. The molecule has 1 heterocycles. The van der Waals surface area contributed by atoms with Crippen molar-refractivity contribution in [2.45, 2.75) is 13.5 Å². The molecule has 0 aliphatic heterocycles. The van der Waals surface area contributed by atoms with Gasteiger partial charge in [-0.15, -0.1) is 6.42 Å². The van der Waals surface area contributed by atoms with Crippen LogP contribution < -0.4 is 4.80 Å². The molecule has 0 unspecified atom stereocenters. The summed E-state index contributed by atoms with van der Waals surface area (Å²) >= 11 is 1.35. The normalized spacial score (nSPS) is 11.2. The molecule has 4 nitrogen and oxygen atoms in total. The van der Waals surface area contributed by atoms with Crippen LogP contribution in [0.4, 0.5) is 0 Å². The number of carbonyl (C=O) groups excluding carboxylic acids is 1. The minimum atomic E-state index is -0.287. The summed E-state index contributed by atoms with van der Waals surface area (Å²) in [6.07, 6.45) is 5.25. The van der Waals surface area contributed by atoms with Gasteiger partial charge in [0.1, 0.15) is 11.6 Å². The fourth-order valence-electron chi connectivity index (χ4n) is 1.42. The Hall–Kier alpha value is -2.19. The quantitative estimate of drug-likeness (QED) is 0.768. The first-order valence-corrected chi connectivity index (χ1v) is 6.14. The van der Waals surface area contributed by atoms with E-state index in [0.717, 1.165) is 5.01 Å². The minimum absolute atomic E-state index is 0.287. The van der Waals surface area contributed by atoms with Crippen LogP contribution in [0.1, 0.15) is 15.4 Å². The molecule has 0 aliphatic carbocycles. The lowest BCUT2D eigenvalue weighted by molar-refractivity contribution is 0.0997. The van der Waals surface area contributed by atoms with Crippen LogP contribution in [0.25, 0.3) is 0 Å². The third kappa shape index (κ3) is 2.73. The molecule has 0 radical (unpaired) electrons. The number of amides is 1. The van der Waals surface area contributed by atoms with Gasteiger partial charge in [0.15, 0.2) is 0 Å². The van der Waals surface area contributed by atoms with Crippen molar-refractivity contribution >= 4 is 17.2 Å². The number of hydrogen-bond donors (Lipinski definition) is 0. The third-order valence-corrected chi connectivity index (χ3v) is 3.04. The van der Waals surface area contributed by atoms with E-state index in [0.29, 0.717) is 16.9 Å². The number of hydrogen-bond acceptors (Lipinski definition) is 3. The van der Waals surface area contributed by atoms with Crippen molar-refractivity contribution in [3.8, 4) is 12.3 Å². The Morgan fingerprint density at radius 1 is 1.50 bits per heavy atom. The zero-order chi connectivity index (χ0) is 13.0. The van der Waals surface area contributed by atoms with Crippen LogP contribution in [0.5, 0.6) is 0 Å². The minimum Gasteiger partial charge on any atom is -0.267 e. The van der Waals surface area contributed by atoms with E-state index in [9.17, 15) is 4.79 Å². The average Bonchev–Trinajstić information content (AvgIpc) is 2.71. The van der Waals surface area contributed by atoms with Crippen LogP contribution in [0, 0.1) is 19.3 Å². The molecular formula is C13H11N3OS. The zero-order valence-electron chi connectivity index (χ0n) is 9.83. The Kier molecular flexibility index (Phi) is 3.70. The van der Waals surface area contributed by atoms with Crippen LogP contribution in [0.3, 0.4) is 0 Å². The molecule has 2 rings (SSSR count). The van der Waals surface area contributed by atoms with Crippen molar-refractivity contribution in [3.63, 3.8) is 0 Å². The first-order valence-electron chi connectivity index (χ1n) is 5.33. The van der Waals surface area contributed by atoms with Crippen LogP contribution in [0.15, 0.2) is 35.3 Å². The predicted octanol–water partition coefficient (Wildman–Crippen LogP) is 1.63.